The van der Waals surface area contributed by atoms with Gasteiger partial charge < -0.3 is 0 Å². The van der Waals surface area contributed by atoms with Crippen LogP contribution in [0.5, 0.6) is 0 Å². The number of nitrogens with one attached hydrogen (secondary N) is 1. The van der Waals surface area contributed by atoms with E-state index >= 15 is 0 Å². The van der Waals surface area contributed by atoms with E-state index in [0.29, 0.717) is 18.9 Å². The third-order valence-electron chi connectivity index (χ3n) is 6.14. The molecular weight excluding hydrogens is 438 g/mol. The fourth-order valence-electron chi connectivity index (χ4n) is 4.22. The summed E-state index contributed by atoms with van der Waals surface area (Å²) in [7, 11) is 0. The maximum atomic E-state index is 13.1. The van der Waals surface area contributed by atoms with E-state index in [0.717, 1.165) is 47.3 Å². The molecule has 0 spiro atoms. The molecule has 0 saturated heterocycles. The third-order valence-corrected chi connectivity index (χ3v) is 6.14. The lowest BCUT2D eigenvalue weighted by molar-refractivity contribution is 0.603. The Labute approximate surface area is 205 Å². The first-order valence-corrected chi connectivity index (χ1v) is 12.4. The van der Waals surface area contributed by atoms with Crippen molar-refractivity contribution in [1.29, 1.82) is 0 Å². The number of benzene rings is 2. The smallest absolute Gasteiger partial charge is 0.274 e. The number of tetrazole rings is 1. The number of aryl methyl sites for hydroxylation is 1. The molecule has 1 N–H and O–H groups in total. The standard InChI is InChI=1S/C27H33N7O/c1-3-5-7-8-9-14-25-30-34(19-6-4-2)27(35)33(25)20-21-15-17-22(18-16-21)23-12-10-11-13-24(23)26-28-31-32-29-26/h4,6,10-13,15-18H,3,5,7-9,14,19-20H2,1-2H3,(H,28,29,31,32). The number of aromatic amines is 1. The van der Waals surface area contributed by atoms with E-state index in [9.17, 15) is 4.79 Å². The molecule has 35 heavy (non-hydrogen) atoms. The summed E-state index contributed by atoms with van der Waals surface area (Å²) in [6.07, 6.45) is 10.6. The molecule has 0 aliphatic heterocycles. The van der Waals surface area contributed by atoms with Crippen LogP contribution >= 0.6 is 0 Å². The molecule has 182 valence electrons. The highest BCUT2D eigenvalue weighted by Crippen LogP contribution is 2.29. The van der Waals surface area contributed by atoms with Crippen molar-refractivity contribution in [1.82, 2.24) is 35.0 Å². The quantitative estimate of drug-likeness (QED) is 0.231. The van der Waals surface area contributed by atoms with Crippen LogP contribution in [-0.2, 0) is 19.5 Å². The highest BCUT2D eigenvalue weighted by atomic mass is 16.2. The Hall–Kier alpha value is -3.81. The number of aromatic nitrogens is 7. The van der Waals surface area contributed by atoms with Crippen LogP contribution in [0.25, 0.3) is 22.5 Å². The Morgan fingerprint density at radius 2 is 1.74 bits per heavy atom. The predicted molar refractivity (Wildman–Crippen MR) is 138 cm³/mol. The molecule has 2 aromatic carbocycles. The number of hydrogen-bond donors (Lipinski definition) is 1. The summed E-state index contributed by atoms with van der Waals surface area (Å²) in [5.41, 5.74) is 4.01. The van der Waals surface area contributed by atoms with Gasteiger partial charge in [0, 0.05) is 12.0 Å². The second-order valence-electron chi connectivity index (χ2n) is 8.68. The minimum absolute atomic E-state index is 0.0572. The first-order valence-electron chi connectivity index (χ1n) is 12.4. The topological polar surface area (TPSA) is 94.3 Å². The molecular formula is C27H33N7O. The van der Waals surface area contributed by atoms with Gasteiger partial charge >= 0.3 is 5.69 Å². The molecule has 0 aliphatic carbocycles. The average molecular weight is 472 g/mol. The van der Waals surface area contributed by atoms with Crippen LogP contribution < -0.4 is 5.69 Å². The molecule has 0 atom stereocenters. The third kappa shape index (κ3) is 6.01. The highest BCUT2D eigenvalue weighted by Gasteiger charge is 2.14. The minimum Gasteiger partial charge on any atom is -0.274 e. The lowest BCUT2D eigenvalue weighted by atomic mass is 9.98. The van der Waals surface area contributed by atoms with E-state index in [-0.39, 0.29) is 5.69 Å². The Kier molecular flexibility index (Phi) is 8.38. The van der Waals surface area contributed by atoms with Crippen molar-refractivity contribution in [2.75, 3.05) is 0 Å². The molecule has 2 aromatic heterocycles. The van der Waals surface area contributed by atoms with Crippen molar-refractivity contribution in [2.45, 2.75) is 65.5 Å². The molecule has 4 rings (SSSR count). The van der Waals surface area contributed by atoms with Gasteiger partial charge in [0.2, 0.25) is 5.82 Å². The van der Waals surface area contributed by atoms with Gasteiger partial charge in [-0.1, -0.05) is 93.3 Å². The molecule has 2 heterocycles. The Balaban J connectivity index is 1.55. The number of H-pyrrole nitrogens is 1. The normalized spacial score (nSPS) is 11.5. The maximum absolute atomic E-state index is 13.1. The van der Waals surface area contributed by atoms with Crippen LogP contribution in [0.4, 0.5) is 0 Å². The zero-order chi connectivity index (χ0) is 24.5. The first-order chi connectivity index (χ1) is 17.2. The van der Waals surface area contributed by atoms with Gasteiger partial charge in [-0.2, -0.15) is 10.3 Å². The summed E-state index contributed by atoms with van der Waals surface area (Å²) in [5.74, 6) is 1.43. The second-order valence-corrected chi connectivity index (χ2v) is 8.68. The van der Waals surface area contributed by atoms with Crippen molar-refractivity contribution in [3.8, 4) is 22.5 Å². The Bertz CT molecular complexity index is 1280. The van der Waals surface area contributed by atoms with Gasteiger partial charge in [0.1, 0.15) is 5.82 Å². The maximum Gasteiger partial charge on any atom is 0.346 e. The van der Waals surface area contributed by atoms with E-state index in [1.54, 1.807) is 4.68 Å². The molecule has 0 saturated carbocycles. The number of hydrogen-bond acceptors (Lipinski definition) is 5. The average Bonchev–Trinajstić information content (AvgIpc) is 3.52. The summed E-state index contributed by atoms with van der Waals surface area (Å²) >= 11 is 0. The minimum atomic E-state index is -0.0572. The lowest BCUT2D eigenvalue weighted by Crippen LogP contribution is -2.25. The van der Waals surface area contributed by atoms with Crippen molar-refractivity contribution < 1.29 is 0 Å². The number of allylic oxidation sites excluding steroid dienone is 2. The summed E-state index contributed by atoms with van der Waals surface area (Å²) in [5, 5.41) is 19.1. The van der Waals surface area contributed by atoms with Crippen LogP contribution in [0.2, 0.25) is 0 Å². The molecule has 0 fully saturated rings. The van der Waals surface area contributed by atoms with Gasteiger partial charge in [-0.05, 0) is 35.2 Å². The molecule has 0 aliphatic rings. The van der Waals surface area contributed by atoms with Crippen molar-refractivity contribution in [3.05, 3.63) is 82.6 Å². The van der Waals surface area contributed by atoms with Gasteiger partial charge in [0.25, 0.3) is 0 Å². The lowest BCUT2D eigenvalue weighted by Gasteiger charge is -2.09. The van der Waals surface area contributed by atoms with E-state index in [4.69, 9.17) is 0 Å². The van der Waals surface area contributed by atoms with Gasteiger partial charge in [0.05, 0.1) is 13.1 Å². The summed E-state index contributed by atoms with van der Waals surface area (Å²) in [6.45, 7) is 5.17. The number of nitrogens with zero attached hydrogens (tertiary/aromatic N) is 6. The second kappa shape index (κ2) is 12.1. The molecule has 0 radical (unpaired) electrons. The number of rotatable bonds is 12. The van der Waals surface area contributed by atoms with Crippen molar-refractivity contribution >= 4 is 0 Å². The summed E-state index contributed by atoms with van der Waals surface area (Å²) in [6, 6.07) is 16.3. The van der Waals surface area contributed by atoms with E-state index in [2.05, 4.69) is 56.9 Å². The number of unbranched alkanes of at least 4 members (excludes halogenated alkanes) is 4. The molecule has 8 nitrogen and oxygen atoms in total. The summed E-state index contributed by atoms with van der Waals surface area (Å²) < 4.78 is 3.39. The zero-order valence-electron chi connectivity index (χ0n) is 20.5. The van der Waals surface area contributed by atoms with Crippen LogP contribution in [0.3, 0.4) is 0 Å². The molecule has 0 bridgehead atoms. The Morgan fingerprint density at radius 3 is 2.46 bits per heavy atom. The van der Waals surface area contributed by atoms with Gasteiger partial charge in [-0.25, -0.2) is 9.48 Å². The fraction of sp³-hybridized carbons (Fsp3) is 0.370. The largest absolute Gasteiger partial charge is 0.346 e. The molecule has 4 aromatic rings. The van der Waals surface area contributed by atoms with E-state index in [1.165, 1.54) is 19.3 Å². The molecule has 8 heteroatoms. The van der Waals surface area contributed by atoms with Crippen LogP contribution in [0, 0.1) is 0 Å². The fourth-order valence-corrected chi connectivity index (χ4v) is 4.22. The monoisotopic (exact) mass is 471 g/mol. The SMILES string of the molecule is CC=CCn1nc(CCCCCCC)n(Cc2ccc(-c3ccccc3-c3nn[nH]n3)cc2)c1=O. The Morgan fingerprint density at radius 1 is 0.971 bits per heavy atom. The van der Waals surface area contributed by atoms with Crippen LogP contribution in [0.1, 0.15) is 57.3 Å². The van der Waals surface area contributed by atoms with Crippen molar-refractivity contribution in [2.24, 2.45) is 0 Å². The van der Waals surface area contributed by atoms with E-state index in [1.807, 2.05) is 47.9 Å². The van der Waals surface area contributed by atoms with E-state index < -0.39 is 0 Å². The van der Waals surface area contributed by atoms with Gasteiger partial charge in [-0.3, -0.25) is 4.57 Å². The molecule has 0 amide bonds. The summed E-state index contributed by atoms with van der Waals surface area (Å²) in [4.78, 5) is 13.1. The van der Waals surface area contributed by atoms with Crippen LogP contribution in [-0.4, -0.2) is 35.0 Å². The van der Waals surface area contributed by atoms with Crippen LogP contribution in [0.15, 0.2) is 65.5 Å². The first kappa shape index (κ1) is 24.3. The zero-order valence-corrected chi connectivity index (χ0v) is 20.5. The van der Waals surface area contributed by atoms with Crippen molar-refractivity contribution in [3.63, 3.8) is 0 Å². The van der Waals surface area contributed by atoms with Gasteiger partial charge in [0.15, 0.2) is 0 Å². The van der Waals surface area contributed by atoms with Gasteiger partial charge in [-0.15, -0.1) is 10.2 Å². The highest BCUT2D eigenvalue weighted by molar-refractivity contribution is 5.80. The molecule has 0 unspecified atom stereocenters. The predicted octanol–water partition coefficient (Wildman–Crippen LogP) is 5.03.